The van der Waals surface area contributed by atoms with Gasteiger partial charge in [0.1, 0.15) is 6.29 Å². The maximum absolute atomic E-state index is 11.5. The number of carbonyl (C=O) groups is 1. The van der Waals surface area contributed by atoms with Gasteiger partial charge in [-0.15, -0.1) is 0 Å². The fraction of sp³-hybridized carbons (Fsp3) is 0.588. The zero-order chi connectivity index (χ0) is 13.9. The molecule has 1 aromatic rings. The van der Waals surface area contributed by atoms with Crippen molar-refractivity contribution in [3.63, 3.8) is 0 Å². The van der Waals surface area contributed by atoms with E-state index in [2.05, 4.69) is 43.9 Å². The summed E-state index contributed by atoms with van der Waals surface area (Å²) in [6.45, 7) is 8.33. The first-order valence-corrected chi connectivity index (χ1v) is 7.45. The molecule has 1 aromatic carbocycles. The summed E-state index contributed by atoms with van der Waals surface area (Å²) in [5.74, 6) is 0. The highest BCUT2D eigenvalue weighted by molar-refractivity contribution is 5.63. The van der Waals surface area contributed by atoms with Crippen molar-refractivity contribution in [1.82, 2.24) is 0 Å². The van der Waals surface area contributed by atoms with Crippen molar-refractivity contribution in [2.45, 2.75) is 46.5 Å². The van der Waals surface area contributed by atoms with E-state index in [0.717, 1.165) is 25.9 Å². The summed E-state index contributed by atoms with van der Waals surface area (Å²) < 4.78 is 0. The molecule has 2 nitrogen and oxygen atoms in total. The molecule has 19 heavy (non-hydrogen) atoms. The van der Waals surface area contributed by atoms with E-state index in [1.54, 1.807) is 0 Å². The monoisotopic (exact) mass is 259 g/mol. The van der Waals surface area contributed by atoms with Crippen molar-refractivity contribution in [2.24, 2.45) is 5.41 Å². The average molecular weight is 259 g/mol. The number of anilines is 1. The van der Waals surface area contributed by atoms with Crippen LogP contribution in [0.25, 0.3) is 0 Å². The second-order valence-electron chi connectivity index (χ2n) is 5.84. The topological polar surface area (TPSA) is 20.3 Å². The predicted molar refractivity (Wildman–Crippen MR) is 80.8 cm³/mol. The second kappa shape index (κ2) is 5.77. The number of aldehydes is 1. The molecule has 0 radical (unpaired) electrons. The molecule has 0 aromatic heterocycles. The first kappa shape index (κ1) is 14.1. The van der Waals surface area contributed by atoms with Gasteiger partial charge < -0.3 is 9.69 Å². The molecule has 0 saturated carbocycles. The van der Waals surface area contributed by atoms with Crippen LogP contribution in [-0.2, 0) is 11.2 Å². The molecule has 0 amide bonds. The van der Waals surface area contributed by atoms with Crippen molar-refractivity contribution in [2.75, 3.05) is 18.0 Å². The van der Waals surface area contributed by atoms with E-state index in [0.29, 0.717) is 0 Å². The Morgan fingerprint density at radius 2 is 2.05 bits per heavy atom. The Hall–Kier alpha value is -1.31. The van der Waals surface area contributed by atoms with Crippen LogP contribution in [0.2, 0.25) is 0 Å². The van der Waals surface area contributed by atoms with E-state index in [1.165, 1.54) is 35.9 Å². The lowest BCUT2D eigenvalue weighted by Gasteiger charge is -2.38. The third-order valence-electron chi connectivity index (χ3n) is 4.61. The number of fused-ring (bicyclic) bond motifs is 1. The van der Waals surface area contributed by atoms with E-state index < -0.39 is 0 Å². The minimum Gasteiger partial charge on any atom is -0.370 e. The fourth-order valence-corrected chi connectivity index (χ4v) is 3.03. The molecule has 104 valence electrons. The van der Waals surface area contributed by atoms with Crippen molar-refractivity contribution >= 4 is 12.0 Å². The Balaban J connectivity index is 2.26. The number of carbonyl (C=O) groups excluding carboxylic acids is 1. The number of nitrogens with zero attached hydrogens (tertiary/aromatic N) is 1. The van der Waals surface area contributed by atoms with E-state index in [1.807, 2.05) is 0 Å². The standard InChI is InChI=1S/C17H25NO/c1-4-17(5-2,13-19)12-18-10-6-7-15-11-14(3)8-9-16(15)18/h8-9,11,13H,4-7,10,12H2,1-3H3. The predicted octanol–water partition coefficient (Wildman–Crippen LogP) is 3.75. The third kappa shape index (κ3) is 2.83. The molecule has 1 aliphatic rings. The van der Waals surface area contributed by atoms with E-state index >= 15 is 0 Å². The van der Waals surface area contributed by atoms with Crippen molar-refractivity contribution in [1.29, 1.82) is 0 Å². The molecule has 0 unspecified atom stereocenters. The highest BCUT2D eigenvalue weighted by atomic mass is 16.1. The Morgan fingerprint density at radius 3 is 2.68 bits per heavy atom. The van der Waals surface area contributed by atoms with Crippen LogP contribution in [0.15, 0.2) is 18.2 Å². The fourth-order valence-electron chi connectivity index (χ4n) is 3.03. The van der Waals surface area contributed by atoms with Gasteiger partial charge in [-0.25, -0.2) is 0 Å². The Kier molecular flexibility index (Phi) is 4.28. The molecule has 2 heteroatoms. The second-order valence-corrected chi connectivity index (χ2v) is 5.84. The lowest BCUT2D eigenvalue weighted by Crippen LogP contribution is -2.41. The van der Waals surface area contributed by atoms with Gasteiger partial charge in [0.2, 0.25) is 0 Å². The quantitative estimate of drug-likeness (QED) is 0.751. The first-order valence-electron chi connectivity index (χ1n) is 7.45. The van der Waals surface area contributed by atoms with E-state index in [4.69, 9.17) is 0 Å². The number of benzene rings is 1. The molecule has 0 atom stereocenters. The maximum Gasteiger partial charge on any atom is 0.127 e. The van der Waals surface area contributed by atoms with Crippen LogP contribution < -0.4 is 4.90 Å². The summed E-state index contributed by atoms with van der Waals surface area (Å²) in [5, 5.41) is 0. The Labute approximate surface area is 116 Å². The minimum absolute atomic E-state index is 0.181. The van der Waals surface area contributed by atoms with Gasteiger partial charge in [-0.3, -0.25) is 0 Å². The molecule has 2 rings (SSSR count). The average Bonchev–Trinajstić information content (AvgIpc) is 2.44. The number of hydrogen-bond acceptors (Lipinski definition) is 2. The van der Waals surface area contributed by atoms with Crippen LogP contribution in [0.1, 0.15) is 44.2 Å². The normalized spacial score (nSPS) is 15.2. The van der Waals surface area contributed by atoms with Gasteiger partial charge in [0.15, 0.2) is 0 Å². The Bertz CT molecular complexity index is 449. The summed E-state index contributed by atoms with van der Waals surface area (Å²) in [4.78, 5) is 13.9. The van der Waals surface area contributed by atoms with Gasteiger partial charge in [-0.05, 0) is 44.2 Å². The zero-order valence-electron chi connectivity index (χ0n) is 12.4. The van der Waals surface area contributed by atoms with Crippen molar-refractivity contribution < 1.29 is 4.79 Å². The third-order valence-corrected chi connectivity index (χ3v) is 4.61. The van der Waals surface area contributed by atoms with E-state index in [-0.39, 0.29) is 5.41 Å². The number of rotatable bonds is 5. The molecule has 0 spiro atoms. The summed E-state index contributed by atoms with van der Waals surface area (Å²) in [7, 11) is 0. The summed E-state index contributed by atoms with van der Waals surface area (Å²) in [6.07, 6.45) is 5.38. The molecule has 1 heterocycles. The first-order chi connectivity index (χ1) is 9.14. The van der Waals surface area contributed by atoms with Crippen LogP contribution in [0.3, 0.4) is 0 Å². The summed E-state index contributed by atoms with van der Waals surface area (Å²) in [5.41, 5.74) is 3.93. The number of hydrogen-bond donors (Lipinski definition) is 0. The molecule has 0 bridgehead atoms. The molecule has 0 fully saturated rings. The highest BCUT2D eigenvalue weighted by Gasteiger charge is 2.30. The zero-order valence-corrected chi connectivity index (χ0v) is 12.4. The summed E-state index contributed by atoms with van der Waals surface area (Å²) >= 11 is 0. The lowest BCUT2D eigenvalue weighted by molar-refractivity contribution is -0.116. The van der Waals surface area contributed by atoms with Crippen LogP contribution >= 0.6 is 0 Å². The van der Waals surface area contributed by atoms with Gasteiger partial charge in [-0.2, -0.15) is 0 Å². The lowest BCUT2D eigenvalue weighted by atomic mass is 9.82. The minimum atomic E-state index is -0.181. The molecular formula is C17H25NO. The molecule has 1 aliphatic heterocycles. The van der Waals surface area contributed by atoms with Crippen LogP contribution in [0.5, 0.6) is 0 Å². The van der Waals surface area contributed by atoms with Gasteiger partial charge in [-0.1, -0.05) is 31.5 Å². The highest BCUT2D eigenvalue weighted by Crippen LogP contribution is 2.33. The van der Waals surface area contributed by atoms with Crippen molar-refractivity contribution in [3.8, 4) is 0 Å². The van der Waals surface area contributed by atoms with E-state index in [9.17, 15) is 4.79 Å². The van der Waals surface area contributed by atoms with Crippen LogP contribution in [-0.4, -0.2) is 19.4 Å². The van der Waals surface area contributed by atoms with Gasteiger partial charge >= 0.3 is 0 Å². The SMILES string of the molecule is CCC(C=O)(CC)CN1CCCc2cc(C)ccc21. The molecule has 0 N–H and O–H groups in total. The molecule has 0 saturated heterocycles. The number of aryl methyl sites for hydroxylation is 2. The Morgan fingerprint density at radius 1 is 1.32 bits per heavy atom. The molecular weight excluding hydrogens is 234 g/mol. The van der Waals surface area contributed by atoms with Gasteiger partial charge in [0, 0.05) is 24.2 Å². The van der Waals surface area contributed by atoms with Crippen LogP contribution in [0.4, 0.5) is 5.69 Å². The van der Waals surface area contributed by atoms with Gasteiger partial charge in [0.05, 0.1) is 0 Å². The smallest absolute Gasteiger partial charge is 0.127 e. The van der Waals surface area contributed by atoms with Crippen molar-refractivity contribution in [3.05, 3.63) is 29.3 Å². The largest absolute Gasteiger partial charge is 0.370 e. The molecule has 0 aliphatic carbocycles. The summed E-state index contributed by atoms with van der Waals surface area (Å²) in [6, 6.07) is 6.70. The van der Waals surface area contributed by atoms with Crippen LogP contribution in [0, 0.1) is 12.3 Å². The van der Waals surface area contributed by atoms with Gasteiger partial charge in [0.25, 0.3) is 0 Å². The maximum atomic E-state index is 11.5.